The minimum absolute atomic E-state index is 0.358. The van der Waals surface area contributed by atoms with E-state index in [1.54, 1.807) is 23.0 Å². The highest BCUT2D eigenvalue weighted by atomic mass is 32.2. The van der Waals surface area contributed by atoms with E-state index < -0.39 is 10.0 Å². The van der Waals surface area contributed by atoms with Crippen LogP contribution in [0.4, 0.5) is 0 Å². The smallest absolute Gasteiger partial charge is 0.246 e. The Hall–Kier alpha value is -2.23. The summed E-state index contributed by atoms with van der Waals surface area (Å²) >= 11 is 0. The summed E-state index contributed by atoms with van der Waals surface area (Å²) in [4.78, 5) is 7.14. The predicted octanol–water partition coefficient (Wildman–Crippen LogP) is 1.47. The van der Waals surface area contributed by atoms with Crippen molar-refractivity contribution in [3.05, 3.63) is 41.5 Å². The highest BCUT2D eigenvalue weighted by Gasteiger charge is 2.32. The number of hydrogen-bond acceptors (Lipinski definition) is 5. The van der Waals surface area contributed by atoms with Crippen LogP contribution in [0, 0.1) is 13.8 Å². The molecule has 0 N–H and O–H groups in total. The topological polar surface area (TPSA) is 76.3 Å². The molecule has 0 aliphatic carbocycles. The van der Waals surface area contributed by atoms with Crippen LogP contribution in [0.2, 0.25) is 0 Å². The van der Waals surface area contributed by atoms with Gasteiger partial charge in [-0.25, -0.2) is 13.4 Å². The maximum atomic E-state index is 13.1. The third-order valence-corrected chi connectivity index (χ3v) is 8.04. The van der Waals surface area contributed by atoms with Gasteiger partial charge in [0.05, 0.1) is 11.4 Å². The molecular formula is C20H28N6O2S. The Morgan fingerprint density at radius 1 is 1.10 bits per heavy atom. The molecule has 0 aromatic carbocycles. The van der Waals surface area contributed by atoms with Crippen molar-refractivity contribution in [2.45, 2.75) is 25.2 Å². The summed E-state index contributed by atoms with van der Waals surface area (Å²) in [5.74, 6) is 0. The second kappa shape index (κ2) is 7.55. The van der Waals surface area contributed by atoms with Gasteiger partial charge in [0, 0.05) is 64.6 Å². The molecule has 3 aromatic heterocycles. The first-order valence-electron chi connectivity index (χ1n) is 9.90. The van der Waals surface area contributed by atoms with Crippen molar-refractivity contribution in [2.75, 3.05) is 32.7 Å². The van der Waals surface area contributed by atoms with E-state index in [0.717, 1.165) is 31.7 Å². The van der Waals surface area contributed by atoms with Gasteiger partial charge in [-0.05, 0) is 38.0 Å². The van der Waals surface area contributed by atoms with Crippen molar-refractivity contribution in [3.63, 3.8) is 0 Å². The molecule has 4 rings (SSSR count). The summed E-state index contributed by atoms with van der Waals surface area (Å²) in [7, 11) is 0.292. The van der Waals surface area contributed by atoms with Crippen molar-refractivity contribution in [3.8, 4) is 0 Å². The third kappa shape index (κ3) is 3.58. The first kappa shape index (κ1) is 20.1. The zero-order valence-corrected chi connectivity index (χ0v) is 18.3. The molecule has 1 aliphatic rings. The number of aromatic nitrogens is 4. The second-order valence-corrected chi connectivity index (χ2v) is 9.63. The monoisotopic (exact) mass is 416 g/mol. The highest BCUT2D eigenvalue weighted by Crippen LogP contribution is 2.24. The normalized spacial score (nSPS) is 16.7. The molecule has 1 fully saturated rings. The van der Waals surface area contributed by atoms with Gasteiger partial charge in [0.15, 0.2) is 0 Å². The fourth-order valence-electron chi connectivity index (χ4n) is 4.22. The Morgan fingerprint density at radius 3 is 2.48 bits per heavy atom. The number of rotatable bonds is 5. The summed E-state index contributed by atoms with van der Waals surface area (Å²) in [6, 6.07) is 4.08. The molecule has 29 heavy (non-hydrogen) atoms. The molecule has 9 heteroatoms. The molecule has 0 bridgehead atoms. The Morgan fingerprint density at radius 2 is 1.83 bits per heavy atom. The van der Waals surface area contributed by atoms with E-state index in [1.165, 1.54) is 10.9 Å². The third-order valence-electron chi connectivity index (χ3n) is 5.89. The summed E-state index contributed by atoms with van der Waals surface area (Å²) in [5.41, 5.74) is 3.54. The van der Waals surface area contributed by atoms with Crippen LogP contribution in [0.25, 0.3) is 11.0 Å². The van der Waals surface area contributed by atoms with Gasteiger partial charge in [0.25, 0.3) is 0 Å². The molecular weight excluding hydrogens is 388 g/mol. The van der Waals surface area contributed by atoms with Gasteiger partial charge in [0.1, 0.15) is 10.5 Å². The minimum Gasteiger partial charge on any atom is -0.335 e. The molecule has 1 saturated heterocycles. The van der Waals surface area contributed by atoms with Crippen LogP contribution in [0.15, 0.2) is 29.4 Å². The largest absolute Gasteiger partial charge is 0.335 e. The molecule has 1 aliphatic heterocycles. The molecule has 0 unspecified atom stereocenters. The molecule has 0 spiro atoms. The molecule has 3 aromatic rings. The van der Waals surface area contributed by atoms with Crippen molar-refractivity contribution < 1.29 is 8.42 Å². The van der Waals surface area contributed by atoms with Crippen LogP contribution < -0.4 is 0 Å². The van der Waals surface area contributed by atoms with E-state index in [9.17, 15) is 8.42 Å². The lowest BCUT2D eigenvalue weighted by Gasteiger charge is -2.34. The van der Waals surface area contributed by atoms with Crippen LogP contribution in [0.3, 0.4) is 0 Å². The molecule has 156 valence electrons. The van der Waals surface area contributed by atoms with E-state index in [0.29, 0.717) is 29.4 Å². The van der Waals surface area contributed by atoms with E-state index in [1.807, 2.05) is 26.2 Å². The Balaban J connectivity index is 1.40. The van der Waals surface area contributed by atoms with Crippen LogP contribution in [-0.2, 0) is 30.5 Å². The number of hydrogen-bond donors (Lipinski definition) is 0. The lowest BCUT2D eigenvalue weighted by molar-refractivity contribution is 0.190. The fraction of sp³-hybridized carbons (Fsp3) is 0.500. The van der Waals surface area contributed by atoms with Gasteiger partial charge in [-0.2, -0.15) is 9.40 Å². The zero-order valence-electron chi connectivity index (χ0n) is 17.5. The number of aryl methyl sites for hydroxylation is 3. The fourth-order valence-corrected chi connectivity index (χ4v) is 6.04. The van der Waals surface area contributed by atoms with Gasteiger partial charge in [-0.15, -0.1) is 0 Å². The lowest BCUT2D eigenvalue weighted by Crippen LogP contribution is -2.49. The first-order chi connectivity index (χ1) is 13.8. The van der Waals surface area contributed by atoms with Crippen LogP contribution in [-0.4, -0.2) is 69.7 Å². The maximum absolute atomic E-state index is 13.1. The van der Waals surface area contributed by atoms with Crippen molar-refractivity contribution in [1.82, 2.24) is 28.5 Å². The van der Waals surface area contributed by atoms with Gasteiger partial charge in [-0.1, -0.05) is 0 Å². The van der Waals surface area contributed by atoms with Crippen LogP contribution >= 0.6 is 0 Å². The quantitative estimate of drug-likeness (QED) is 0.630. The number of piperazine rings is 1. The van der Waals surface area contributed by atoms with Crippen molar-refractivity contribution >= 4 is 21.1 Å². The van der Waals surface area contributed by atoms with Crippen molar-refractivity contribution in [1.29, 1.82) is 0 Å². The van der Waals surface area contributed by atoms with Gasteiger partial charge in [0.2, 0.25) is 10.0 Å². The molecule has 0 radical (unpaired) electrons. The standard InChI is InChI=1S/C20H28N6O2S/c1-15-19(16(2)24(4)22-15)29(27,28)26-12-10-25(11-13-26)9-7-17-14-23(3)20-18(17)6-5-8-21-20/h5-6,8,14H,7,9-13H2,1-4H3. The molecule has 0 atom stereocenters. The Bertz CT molecular complexity index is 1140. The summed E-state index contributed by atoms with van der Waals surface area (Å²) in [6.07, 6.45) is 4.89. The minimum atomic E-state index is -3.51. The molecule has 0 saturated carbocycles. The van der Waals surface area contributed by atoms with Crippen molar-refractivity contribution in [2.24, 2.45) is 14.1 Å². The molecule has 0 amide bonds. The molecule has 4 heterocycles. The highest BCUT2D eigenvalue weighted by molar-refractivity contribution is 7.89. The number of fused-ring (bicyclic) bond motifs is 1. The zero-order chi connectivity index (χ0) is 20.8. The number of pyridine rings is 1. The number of nitrogens with zero attached hydrogens (tertiary/aromatic N) is 6. The average Bonchev–Trinajstić information content (AvgIpc) is 3.16. The van der Waals surface area contributed by atoms with Gasteiger partial charge < -0.3 is 9.47 Å². The Labute approximate surface area is 171 Å². The van der Waals surface area contributed by atoms with Crippen LogP contribution in [0.5, 0.6) is 0 Å². The molecule has 8 nitrogen and oxygen atoms in total. The second-order valence-electron chi connectivity index (χ2n) is 7.76. The van der Waals surface area contributed by atoms with E-state index in [2.05, 4.69) is 31.8 Å². The lowest BCUT2D eigenvalue weighted by atomic mass is 10.1. The predicted molar refractivity (Wildman–Crippen MR) is 112 cm³/mol. The number of sulfonamides is 1. The average molecular weight is 417 g/mol. The maximum Gasteiger partial charge on any atom is 0.246 e. The van der Waals surface area contributed by atoms with Gasteiger partial charge in [-0.3, -0.25) is 4.68 Å². The SMILES string of the molecule is Cc1nn(C)c(C)c1S(=O)(=O)N1CCN(CCc2cn(C)c3ncccc23)CC1. The summed E-state index contributed by atoms with van der Waals surface area (Å²) < 4.78 is 31.5. The van der Waals surface area contributed by atoms with Crippen LogP contribution in [0.1, 0.15) is 17.0 Å². The van der Waals surface area contributed by atoms with E-state index >= 15 is 0 Å². The van der Waals surface area contributed by atoms with Gasteiger partial charge >= 0.3 is 0 Å². The summed E-state index contributed by atoms with van der Waals surface area (Å²) in [6.45, 7) is 6.96. The van der Waals surface area contributed by atoms with E-state index in [-0.39, 0.29) is 0 Å². The summed E-state index contributed by atoms with van der Waals surface area (Å²) in [5, 5.41) is 5.46. The Kier molecular flexibility index (Phi) is 5.22. The first-order valence-corrected chi connectivity index (χ1v) is 11.3. The van der Waals surface area contributed by atoms with E-state index in [4.69, 9.17) is 0 Å².